The summed E-state index contributed by atoms with van der Waals surface area (Å²) in [5.41, 5.74) is -0.138. The SMILES string of the molecule is Cc1ccnc(C(C)C)c1-n1c(=O)c2c(c3cc(F)c(Cl)c(F)c31)N1C[C@@H](C)N(C(=O)OC(C)(C)C)C[C@@H]1C(=O)N2. The summed E-state index contributed by atoms with van der Waals surface area (Å²) in [7, 11) is 0. The number of rotatable bonds is 2. The number of pyridine rings is 2. The number of aryl methyl sites for hydroxylation is 1. The van der Waals surface area contributed by atoms with E-state index < -0.39 is 51.9 Å². The summed E-state index contributed by atoms with van der Waals surface area (Å²) < 4.78 is 37.7. The number of piperazine rings is 1. The van der Waals surface area contributed by atoms with Crippen LogP contribution in [0, 0.1) is 18.6 Å². The lowest BCUT2D eigenvalue weighted by Gasteiger charge is -2.48. The van der Waals surface area contributed by atoms with Crippen molar-refractivity contribution in [1.82, 2.24) is 14.5 Å². The van der Waals surface area contributed by atoms with E-state index in [4.69, 9.17) is 16.3 Å². The summed E-state index contributed by atoms with van der Waals surface area (Å²) in [5.74, 6) is -2.79. The summed E-state index contributed by atoms with van der Waals surface area (Å²) in [6.07, 6.45) is 1.02. The third kappa shape index (κ3) is 4.69. The van der Waals surface area contributed by atoms with E-state index in [0.29, 0.717) is 16.9 Å². The lowest BCUT2D eigenvalue weighted by Crippen LogP contribution is -2.65. The molecule has 218 valence electrons. The number of fused-ring (bicyclic) bond motifs is 5. The molecule has 0 spiro atoms. The predicted octanol–water partition coefficient (Wildman–Crippen LogP) is 5.52. The Hall–Kier alpha value is -3.73. The van der Waals surface area contributed by atoms with Gasteiger partial charge in [-0.3, -0.25) is 19.1 Å². The first-order chi connectivity index (χ1) is 19.1. The first kappa shape index (κ1) is 28.8. The smallest absolute Gasteiger partial charge is 0.410 e. The monoisotopic (exact) mass is 587 g/mol. The predicted molar refractivity (Wildman–Crippen MR) is 153 cm³/mol. The first-order valence-electron chi connectivity index (χ1n) is 13.4. The number of ether oxygens (including phenoxy) is 1. The standard InChI is InChI=1S/C29H32ClF2N5O4/c1-13(2)21-23(14(3)8-9-33-21)37-24-16(10-17(31)19(30)20(24)32)25-22(27(37)39)34-26(38)18-12-35(15(4)11-36(18)25)28(40)41-29(5,6)7/h8-10,13,15,18H,11-12H2,1-7H3,(H,34,38)/t15-,18-/m1/s1. The van der Waals surface area contributed by atoms with Gasteiger partial charge in [0.2, 0.25) is 5.91 Å². The zero-order valence-corrected chi connectivity index (χ0v) is 24.7. The van der Waals surface area contributed by atoms with Crippen molar-refractivity contribution < 1.29 is 23.1 Å². The molecule has 1 fully saturated rings. The zero-order chi connectivity index (χ0) is 30.1. The first-order valence-corrected chi connectivity index (χ1v) is 13.8. The average molecular weight is 588 g/mol. The molecule has 2 aromatic heterocycles. The normalized spacial score (nSPS) is 18.9. The number of nitrogens with zero attached hydrogens (tertiary/aromatic N) is 4. The highest BCUT2D eigenvalue weighted by atomic mass is 35.5. The van der Waals surface area contributed by atoms with Crippen molar-refractivity contribution in [3.63, 3.8) is 0 Å². The largest absolute Gasteiger partial charge is 0.444 e. The number of carbonyl (C=O) groups is 2. The number of halogens is 3. The molecule has 4 heterocycles. The van der Waals surface area contributed by atoms with Gasteiger partial charge in [0.05, 0.1) is 29.1 Å². The second kappa shape index (κ2) is 9.97. The zero-order valence-electron chi connectivity index (χ0n) is 23.9. The van der Waals surface area contributed by atoms with Gasteiger partial charge in [0.15, 0.2) is 5.82 Å². The number of anilines is 2. The molecule has 0 aliphatic carbocycles. The molecule has 0 unspecified atom stereocenters. The fourth-order valence-corrected chi connectivity index (χ4v) is 5.72. The Labute approximate surface area is 241 Å². The number of benzene rings is 1. The third-order valence-corrected chi connectivity index (χ3v) is 7.75. The van der Waals surface area contributed by atoms with E-state index in [-0.39, 0.29) is 41.3 Å². The summed E-state index contributed by atoms with van der Waals surface area (Å²) in [4.78, 5) is 48.2. The minimum Gasteiger partial charge on any atom is -0.444 e. The Morgan fingerprint density at radius 1 is 1.20 bits per heavy atom. The van der Waals surface area contributed by atoms with Crippen LogP contribution in [0.1, 0.15) is 58.7 Å². The molecule has 1 saturated heterocycles. The summed E-state index contributed by atoms with van der Waals surface area (Å²) in [6, 6.07) is 1.38. The molecule has 9 nitrogen and oxygen atoms in total. The molecule has 41 heavy (non-hydrogen) atoms. The van der Waals surface area contributed by atoms with Crippen LogP contribution in [-0.4, -0.2) is 57.2 Å². The molecule has 2 aliphatic rings. The topological polar surface area (TPSA) is 96.8 Å². The van der Waals surface area contributed by atoms with Gasteiger partial charge >= 0.3 is 6.09 Å². The number of aromatic nitrogens is 2. The van der Waals surface area contributed by atoms with Crippen LogP contribution in [0.3, 0.4) is 0 Å². The number of hydrogen-bond acceptors (Lipinski definition) is 6. The summed E-state index contributed by atoms with van der Waals surface area (Å²) in [5, 5.41) is 1.99. The molecule has 5 rings (SSSR count). The quantitative estimate of drug-likeness (QED) is 0.397. The van der Waals surface area contributed by atoms with Gasteiger partial charge in [0.25, 0.3) is 5.56 Å². The Morgan fingerprint density at radius 2 is 1.88 bits per heavy atom. The van der Waals surface area contributed by atoms with Crippen LogP contribution in [0.2, 0.25) is 5.02 Å². The molecule has 3 aromatic rings. The highest BCUT2D eigenvalue weighted by molar-refractivity contribution is 6.32. The molecular formula is C29H32ClF2N5O4. The third-order valence-electron chi connectivity index (χ3n) is 7.40. The Bertz CT molecular complexity index is 1670. The van der Waals surface area contributed by atoms with Crippen LogP contribution in [0.25, 0.3) is 16.6 Å². The number of nitrogens with one attached hydrogen (secondary N) is 1. The van der Waals surface area contributed by atoms with Crippen LogP contribution in [0.5, 0.6) is 0 Å². The lowest BCUT2D eigenvalue weighted by atomic mass is 9.98. The molecule has 0 radical (unpaired) electrons. The molecule has 0 saturated carbocycles. The molecule has 1 aromatic carbocycles. The van der Waals surface area contributed by atoms with E-state index >= 15 is 8.78 Å². The van der Waals surface area contributed by atoms with Crippen molar-refractivity contribution in [1.29, 1.82) is 0 Å². The molecule has 2 aliphatic heterocycles. The van der Waals surface area contributed by atoms with Crippen LogP contribution < -0.4 is 15.8 Å². The van der Waals surface area contributed by atoms with Crippen molar-refractivity contribution >= 4 is 45.9 Å². The van der Waals surface area contributed by atoms with E-state index in [1.807, 2.05) is 13.8 Å². The minimum atomic E-state index is -1.10. The van der Waals surface area contributed by atoms with Crippen LogP contribution in [0.4, 0.5) is 25.0 Å². The van der Waals surface area contributed by atoms with Gasteiger partial charge in [-0.15, -0.1) is 0 Å². The van der Waals surface area contributed by atoms with Crippen molar-refractivity contribution in [3.8, 4) is 5.69 Å². The van der Waals surface area contributed by atoms with E-state index in [1.165, 1.54) is 4.90 Å². The van der Waals surface area contributed by atoms with Gasteiger partial charge in [0, 0.05) is 24.2 Å². The molecule has 2 amide bonds. The number of amides is 2. The van der Waals surface area contributed by atoms with Gasteiger partial charge in [-0.05, 0) is 58.2 Å². The van der Waals surface area contributed by atoms with Crippen LogP contribution in [0.15, 0.2) is 23.1 Å². The van der Waals surface area contributed by atoms with Crippen molar-refractivity contribution in [3.05, 3.63) is 56.6 Å². The maximum absolute atomic E-state index is 16.0. The highest BCUT2D eigenvalue weighted by Gasteiger charge is 2.45. The molecule has 0 bridgehead atoms. The summed E-state index contributed by atoms with van der Waals surface area (Å²) in [6.45, 7) is 12.6. The number of carbonyl (C=O) groups excluding carboxylic acids is 2. The van der Waals surface area contributed by atoms with Crippen molar-refractivity contribution in [2.75, 3.05) is 23.3 Å². The van der Waals surface area contributed by atoms with Gasteiger partial charge < -0.3 is 19.9 Å². The Balaban J connectivity index is 1.79. The van der Waals surface area contributed by atoms with Crippen LogP contribution in [-0.2, 0) is 9.53 Å². The lowest BCUT2D eigenvalue weighted by molar-refractivity contribution is -0.118. The Morgan fingerprint density at radius 3 is 2.51 bits per heavy atom. The van der Waals surface area contributed by atoms with E-state index in [9.17, 15) is 14.4 Å². The fourth-order valence-electron chi connectivity index (χ4n) is 5.57. The molecule has 12 heteroatoms. The van der Waals surface area contributed by atoms with Crippen molar-refractivity contribution in [2.24, 2.45) is 0 Å². The van der Waals surface area contributed by atoms with E-state index in [0.717, 1.165) is 10.6 Å². The second-order valence-electron chi connectivity index (χ2n) is 11.9. The molecular weight excluding hydrogens is 556 g/mol. The Kier molecular flexibility index (Phi) is 7.00. The summed E-state index contributed by atoms with van der Waals surface area (Å²) >= 11 is 6.06. The second-order valence-corrected chi connectivity index (χ2v) is 12.3. The van der Waals surface area contributed by atoms with E-state index in [2.05, 4.69) is 10.3 Å². The number of hydrogen-bond donors (Lipinski definition) is 1. The minimum absolute atomic E-state index is 0.0519. The highest BCUT2D eigenvalue weighted by Crippen LogP contribution is 2.42. The molecule has 1 N–H and O–H groups in total. The van der Waals surface area contributed by atoms with Crippen LogP contribution >= 0.6 is 11.6 Å². The molecule has 2 atom stereocenters. The maximum atomic E-state index is 16.0. The van der Waals surface area contributed by atoms with Gasteiger partial charge in [-0.25, -0.2) is 13.6 Å². The fraction of sp³-hybridized carbons (Fsp3) is 0.448. The maximum Gasteiger partial charge on any atom is 0.410 e. The van der Waals surface area contributed by atoms with Gasteiger partial charge in [-0.2, -0.15) is 0 Å². The average Bonchev–Trinajstić information content (AvgIpc) is 2.87. The van der Waals surface area contributed by atoms with Crippen molar-refractivity contribution in [2.45, 2.75) is 72.1 Å². The van der Waals surface area contributed by atoms with E-state index in [1.54, 1.807) is 51.8 Å². The van der Waals surface area contributed by atoms with Gasteiger partial charge in [-0.1, -0.05) is 25.4 Å². The van der Waals surface area contributed by atoms with Gasteiger partial charge in [0.1, 0.15) is 28.2 Å².